The van der Waals surface area contributed by atoms with Crippen LogP contribution in [0.25, 0.3) is 0 Å². The van der Waals surface area contributed by atoms with Gasteiger partial charge in [-0.15, -0.1) is 0 Å². The molecule has 1 aromatic carbocycles. The topological polar surface area (TPSA) is 70.8 Å². The molecule has 1 heterocycles. The van der Waals surface area contributed by atoms with E-state index in [4.69, 9.17) is 10.00 Å². The fourth-order valence-corrected chi connectivity index (χ4v) is 1.84. The van der Waals surface area contributed by atoms with Crippen LogP contribution in [-0.2, 0) is 0 Å². The molecule has 0 radical (unpaired) electrons. The van der Waals surface area contributed by atoms with E-state index in [1.54, 1.807) is 24.4 Å². The SMILES string of the molecule is CC(C)Oc1ccnc(NC(C)c2ccc(C#N)cc2)n1. The summed E-state index contributed by atoms with van der Waals surface area (Å²) in [6, 6.07) is 11.3. The van der Waals surface area contributed by atoms with Crippen molar-refractivity contribution in [2.75, 3.05) is 5.32 Å². The number of nitrogens with zero attached hydrogens (tertiary/aromatic N) is 3. The molecule has 0 saturated carbocycles. The molecule has 0 bridgehead atoms. The van der Waals surface area contributed by atoms with E-state index in [1.165, 1.54) is 0 Å². The van der Waals surface area contributed by atoms with E-state index in [0.29, 0.717) is 17.4 Å². The zero-order chi connectivity index (χ0) is 15.2. The monoisotopic (exact) mass is 282 g/mol. The molecule has 0 spiro atoms. The van der Waals surface area contributed by atoms with E-state index in [9.17, 15) is 0 Å². The zero-order valence-corrected chi connectivity index (χ0v) is 12.4. The summed E-state index contributed by atoms with van der Waals surface area (Å²) >= 11 is 0. The number of nitrogens with one attached hydrogen (secondary N) is 1. The van der Waals surface area contributed by atoms with Gasteiger partial charge in [0.05, 0.1) is 23.8 Å². The summed E-state index contributed by atoms with van der Waals surface area (Å²) in [6.45, 7) is 5.92. The molecule has 21 heavy (non-hydrogen) atoms. The van der Waals surface area contributed by atoms with Gasteiger partial charge in [0.15, 0.2) is 0 Å². The Hall–Kier alpha value is -2.61. The lowest BCUT2D eigenvalue weighted by Gasteiger charge is -2.15. The highest BCUT2D eigenvalue weighted by atomic mass is 16.5. The highest BCUT2D eigenvalue weighted by Gasteiger charge is 2.08. The third-order valence-electron chi connectivity index (χ3n) is 2.87. The van der Waals surface area contributed by atoms with Crippen LogP contribution in [0.2, 0.25) is 0 Å². The van der Waals surface area contributed by atoms with Crippen molar-refractivity contribution in [2.24, 2.45) is 0 Å². The van der Waals surface area contributed by atoms with E-state index in [-0.39, 0.29) is 12.1 Å². The molecule has 0 fully saturated rings. The molecule has 108 valence electrons. The predicted octanol–water partition coefficient (Wildman–Crippen LogP) is 3.31. The van der Waals surface area contributed by atoms with Crippen molar-refractivity contribution in [3.8, 4) is 11.9 Å². The number of nitriles is 1. The predicted molar refractivity (Wildman–Crippen MR) is 81.0 cm³/mol. The van der Waals surface area contributed by atoms with Crippen LogP contribution in [0, 0.1) is 11.3 Å². The fraction of sp³-hybridized carbons (Fsp3) is 0.312. The molecule has 1 unspecified atom stereocenters. The number of rotatable bonds is 5. The Morgan fingerprint density at radius 1 is 1.14 bits per heavy atom. The number of benzene rings is 1. The first-order chi connectivity index (χ1) is 10.1. The molecule has 0 aliphatic carbocycles. The molecule has 0 aliphatic rings. The van der Waals surface area contributed by atoms with Crippen LogP contribution >= 0.6 is 0 Å². The first-order valence-corrected chi connectivity index (χ1v) is 6.85. The zero-order valence-electron chi connectivity index (χ0n) is 12.4. The minimum atomic E-state index is 0.0343. The Kier molecular flexibility index (Phi) is 4.72. The number of aromatic nitrogens is 2. The van der Waals surface area contributed by atoms with E-state index in [0.717, 1.165) is 5.56 Å². The summed E-state index contributed by atoms with van der Waals surface area (Å²) in [7, 11) is 0. The van der Waals surface area contributed by atoms with Crippen LogP contribution in [0.5, 0.6) is 5.88 Å². The fourth-order valence-electron chi connectivity index (χ4n) is 1.84. The van der Waals surface area contributed by atoms with Gasteiger partial charge >= 0.3 is 0 Å². The molecular formula is C16H18N4O. The van der Waals surface area contributed by atoms with Gasteiger partial charge in [-0.2, -0.15) is 10.2 Å². The van der Waals surface area contributed by atoms with E-state index >= 15 is 0 Å². The van der Waals surface area contributed by atoms with Crippen LogP contribution < -0.4 is 10.1 Å². The minimum Gasteiger partial charge on any atom is -0.475 e. The van der Waals surface area contributed by atoms with Gasteiger partial charge in [-0.05, 0) is 38.5 Å². The second kappa shape index (κ2) is 6.71. The molecule has 0 aliphatic heterocycles. The highest BCUT2D eigenvalue weighted by molar-refractivity contribution is 5.37. The quantitative estimate of drug-likeness (QED) is 0.911. The highest BCUT2D eigenvalue weighted by Crippen LogP contribution is 2.18. The maximum absolute atomic E-state index is 8.81. The van der Waals surface area contributed by atoms with Crippen molar-refractivity contribution < 1.29 is 4.74 Å². The number of ether oxygens (including phenoxy) is 1. The van der Waals surface area contributed by atoms with E-state index < -0.39 is 0 Å². The number of hydrogen-bond acceptors (Lipinski definition) is 5. The third kappa shape index (κ3) is 4.18. The van der Waals surface area contributed by atoms with Crippen molar-refractivity contribution in [3.05, 3.63) is 47.7 Å². The van der Waals surface area contributed by atoms with Gasteiger partial charge in [0.25, 0.3) is 0 Å². The smallest absolute Gasteiger partial charge is 0.226 e. The Labute approximate surface area is 124 Å². The average molecular weight is 282 g/mol. The molecule has 2 rings (SSSR count). The van der Waals surface area contributed by atoms with Gasteiger partial charge in [-0.25, -0.2) is 4.98 Å². The van der Waals surface area contributed by atoms with Crippen LogP contribution in [0.15, 0.2) is 36.5 Å². The Morgan fingerprint density at radius 3 is 2.48 bits per heavy atom. The molecule has 5 nitrogen and oxygen atoms in total. The Bertz CT molecular complexity index is 631. The lowest BCUT2D eigenvalue weighted by Crippen LogP contribution is -2.11. The van der Waals surface area contributed by atoms with Crippen molar-refractivity contribution in [2.45, 2.75) is 32.9 Å². The average Bonchev–Trinajstić information content (AvgIpc) is 2.47. The maximum Gasteiger partial charge on any atom is 0.226 e. The van der Waals surface area contributed by atoms with Crippen LogP contribution in [0.4, 0.5) is 5.95 Å². The summed E-state index contributed by atoms with van der Waals surface area (Å²) in [6.07, 6.45) is 1.74. The van der Waals surface area contributed by atoms with Crippen molar-refractivity contribution >= 4 is 5.95 Å². The van der Waals surface area contributed by atoms with Crippen molar-refractivity contribution in [1.82, 2.24) is 9.97 Å². The lowest BCUT2D eigenvalue weighted by atomic mass is 10.1. The normalized spacial score (nSPS) is 11.8. The second-order valence-electron chi connectivity index (χ2n) is 4.98. The molecule has 1 atom stereocenters. The molecule has 2 aromatic rings. The molecule has 1 aromatic heterocycles. The Morgan fingerprint density at radius 2 is 1.86 bits per heavy atom. The lowest BCUT2D eigenvalue weighted by molar-refractivity contribution is 0.232. The van der Waals surface area contributed by atoms with Crippen molar-refractivity contribution in [1.29, 1.82) is 5.26 Å². The summed E-state index contributed by atoms with van der Waals surface area (Å²) in [5.41, 5.74) is 1.71. The Balaban J connectivity index is 2.08. The molecule has 0 saturated heterocycles. The second-order valence-corrected chi connectivity index (χ2v) is 4.98. The summed E-state index contributed by atoms with van der Waals surface area (Å²) in [4.78, 5) is 8.51. The van der Waals surface area contributed by atoms with E-state index in [2.05, 4.69) is 21.4 Å². The first kappa shape index (κ1) is 14.8. The summed E-state index contributed by atoms with van der Waals surface area (Å²) in [5.74, 6) is 1.07. The van der Waals surface area contributed by atoms with Crippen molar-refractivity contribution in [3.63, 3.8) is 0 Å². The first-order valence-electron chi connectivity index (χ1n) is 6.85. The molecule has 5 heteroatoms. The van der Waals surface area contributed by atoms with Crippen LogP contribution in [0.3, 0.4) is 0 Å². The van der Waals surface area contributed by atoms with Gasteiger partial charge in [0, 0.05) is 12.3 Å². The summed E-state index contributed by atoms with van der Waals surface area (Å²) < 4.78 is 5.55. The third-order valence-corrected chi connectivity index (χ3v) is 2.87. The minimum absolute atomic E-state index is 0.0343. The number of anilines is 1. The number of hydrogen-bond donors (Lipinski definition) is 1. The largest absolute Gasteiger partial charge is 0.475 e. The standard InChI is InChI=1S/C16H18N4O/c1-11(2)21-15-8-9-18-16(20-15)19-12(3)14-6-4-13(10-17)5-7-14/h4-9,11-12H,1-3H3,(H,18,19,20). The maximum atomic E-state index is 8.81. The molecular weight excluding hydrogens is 264 g/mol. The van der Waals surface area contributed by atoms with Gasteiger partial charge in [0.1, 0.15) is 0 Å². The molecule has 0 amide bonds. The van der Waals surface area contributed by atoms with Gasteiger partial charge < -0.3 is 10.1 Å². The van der Waals surface area contributed by atoms with Gasteiger partial charge in [-0.3, -0.25) is 0 Å². The van der Waals surface area contributed by atoms with Gasteiger partial charge in [-0.1, -0.05) is 12.1 Å². The van der Waals surface area contributed by atoms with Gasteiger partial charge in [0.2, 0.25) is 11.8 Å². The van der Waals surface area contributed by atoms with E-state index in [1.807, 2.05) is 32.9 Å². The molecule has 1 N–H and O–H groups in total. The van der Waals surface area contributed by atoms with Crippen LogP contribution in [-0.4, -0.2) is 16.1 Å². The summed E-state index contributed by atoms with van der Waals surface area (Å²) in [5, 5.41) is 12.0. The van der Waals surface area contributed by atoms with Crippen LogP contribution in [0.1, 0.15) is 37.9 Å².